The molecule has 4 heteroatoms. The van der Waals surface area contributed by atoms with E-state index in [-0.39, 0.29) is 6.61 Å². The third-order valence-corrected chi connectivity index (χ3v) is 2.36. The lowest BCUT2D eigenvalue weighted by Gasteiger charge is -2.02. The first-order chi connectivity index (χ1) is 7.27. The highest BCUT2D eigenvalue weighted by molar-refractivity contribution is 6.05. The van der Waals surface area contributed by atoms with Gasteiger partial charge in [0.15, 0.2) is 0 Å². The number of esters is 1. The number of rotatable bonds is 2. The molecule has 78 valence electrons. The second kappa shape index (κ2) is 3.74. The van der Waals surface area contributed by atoms with E-state index in [2.05, 4.69) is 9.72 Å². The van der Waals surface area contributed by atoms with E-state index in [4.69, 9.17) is 5.11 Å². The third kappa shape index (κ3) is 1.49. The van der Waals surface area contributed by atoms with Crippen LogP contribution in [0.1, 0.15) is 15.9 Å². The number of fused-ring (bicyclic) bond motifs is 1. The van der Waals surface area contributed by atoms with Crippen molar-refractivity contribution in [2.24, 2.45) is 0 Å². The van der Waals surface area contributed by atoms with Crippen molar-refractivity contribution in [1.82, 2.24) is 4.98 Å². The number of hydrogen-bond donors (Lipinski definition) is 2. The second-order valence-electron chi connectivity index (χ2n) is 3.19. The van der Waals surface area contributed by atoms with Gasteiger partial charge in [-0.25, -0.2) is 4.79 Å². The molecule has 0 saturated carbocycles. The number of hydrogen-bond acceptors (Lipinski definition) is 3. The maximum absolute atomic E-state index is 11.5. The number of aromatic nitrogens is 1. The quantitative estimate of drug-likeness (QED) is 0.729. The molecule has 1 aromatic heterocycles. The minimum atomic E-state index is -0.394. The fourth-order valence-electron chi connectivity index (χ4n) is 1.66. The minimum Gasteiger partial charge on any atom is -0.465 e. The Bertz CT molecular complexity index is 502. The van der Waals surface area contributed by atoms with Gasteiger partial charge in [0, 0.05) is 22.7 Å². The molecule has 0 amide bonds. The first kappa shape index (κ1) is 9.73. The van der Waals surface area contributed by atoms with Crippen LogP contribution in [0.5, 0.6) is 0 Å². The fourth-order valence-corrected chi connectivity index (χ4v) is 1.66. The van der Waals surface area contributed by atoms with Gasteiger partial charge >= 0.3 is 5.97 Å². The average molecular weight is 205 g/mol. The van der Waals surface area contributed by atoms with Crippen molar-refractivity contribution >= 4 is 16.9 Å². The number of aromatic amines is 1. The first-order valence-electron chi connectivity index (χ1n) is 4.56. The summed E-state index contributed by atoms with van der Waals surface area (Å²) >= 11 is 0. The summed E-state index contributed by atoms with van der Waals surface area (Å²) in [4.78, 5) is 14.5. The minimum absolute atomic E-state index is 0.103. The van der Waals surface area contributed by atoms with Crippen molar-refractivity contribution in [3.63, 3.8) is 0 Å². The molecule has 0 spiro atoms. The van der Waals surface area contributed by atoms with Crippen LogP contribution in [0.4, 0.5) is 0 Å². The zero-order valence-corrected chi connectivity index (χ0v) is 8.28. The van der Waals surface area contributed by atoms with Gasteiger partial charge in [-0.15, -0.1) is 0 Å². The second-order valence-corrected chi connectivity index (χ2v) is 3.19. The molecule has 0 unspecified atom stereocenters. The number of benzene rings is 1. The molecule has 1 heterocycles. The molecule has 4 nitrogen and oxygen atoms in total. The number of methoxy groups -OCH3 is 1. The molecule has 15 heavy (non-hydrogen) atoms. The van der Waals surface area contributed by atoms with Gasteiger partial charge in [-0.1, -0.05) is 6.07 Å². The average Bonchev–Trinajstić information content (AvgIpc) is 2.70. The number of ether oxygens (including phenoxy) is 1. The molecule has 0 bridgehead atoms. The summed E-state index contributed by atoms with van der Waals surface area (Å²) in [5.74, 6) is -0.394. The molecule has 2 aromatic rings. The highest BCUT2D eigenvalue weighted by Gasteiger charge is 2.13. The van der Waals surface area contributed by atoms with Gasteiger partial charge in [0.1, 0.15) is 0 Å². The van der Waals surface area contributed by atoms with E-state index >= 15 is 0 Å². The summed E-state index contributed by atoms with van der Waals surface area (Å²) in [5.41, 5.74) is 1.99. The molecule has 0 saturated heterocycles. The Kier molecular flexibility index (Phi) is 2.43. The predicted octanol–water partition coefficient (Wildman–Crippen LogP) is 1.45. The van der Waals surface area contributed by atoms with Crippen molar-refractivity contribution < 1.29 is 14.6 Å². The lowest BCUT2D eigenvalue weighted by Crippen LogP contribution is -2.02. The van der Waals surface area contributed by atoms with E-state index in [9.17, 15) is 4.79 Å². The number of H-pyrrole nitrogens is 1. The van der Waals surface area contributed by atoms with Crippen molar-refractivity contribution in [2.45, 2.75) is 6.61 Å². The highest BCUT2D eigenvalue weighted by atomic mass is 16.5. The molecule has 0 atom stereocenters. The Hall–Kier alpha value is -1.81. The molecule has 0 aliphatic heterocycles. The molecule has 0 aliphatic rings. The summed E-state index contributed by atoms with van der Waals surface area (Å²) in [6.07, 6.45) is 1.69. The van der Waals surface area contributed by atoms with E-state index in [0.29, 0.717) is 11.1 Å². The molecule has 1 aromatic carbocycles. The van der Waals surface area contributed by atoms with Crippen LogP contribution in [0.2, 0.25) is 0 Å². The molecule has 2 rings (SSSR count). The number of carbonyl (C=O) groups is 1. The van der Waals surface area contributed by atoms with Gasteiger partial charge in [-0.3, -0.25) is 0 Å². The Morgan fingerprint density at radius 3 is 3.00 bits per heavy atom. The predicted molar refractivity (Wildman–Crippen MR) is 55.6 cm³/mol. The molecule has 0 radical (unpaired) electrons. The van der Waals surface area contributed by atoms with Crippen LogP contribution >= 0.6 is 0 Å². The number of aliphatic hydroxyl groups is 1. The van der Waals surface area contributed by atoms with Gasteiger partial charge in [0.2, 0.25) is 0 Å². The normalized spacial score (nSPS) is 10.5. The van der Waals surface area contributed by atoms with E-state index in [1.807, 2.05) is 6.07 Å². The third-order valence-electron chi connectivity index (χ3n) is 2.36. The maximum atomic E-state index is 11.5. The molecule has 2 N–H and O–H groups in total. The van der Waals surface area contributed by atoms with Crippen LogP contribution < -0.4 is 0 Å². The van der Waals surface area contributed by atoms with E-state index in [0.717, 1.165) is 10.9 Å². The monoisotopic (exact) mass is 205 g/mol. The summed E-state index contributed by atoms with van der Waals surface area (Å²) in [6.45, 7) is -0.103. The summed E-state index contributed by atoms with van der Waals surface area (Å²) in [5, 5.41) is 9.86. The Morgan fingerprint density at radius 1 is 1.53 bits per heavy atom. The molecule has 0 aliphatic carbocycles. The van der Waals surface area contributed by atoms with Crippen molar-refractivity contribution in [3.05, 3.63) is 35.5 Å². The number of carbonyl (C=O) groups excluding carboxylic acids is 1. The summed E-state index contributed by atoms with van der Waals surface area (Å²) in [7, 11) is 1.34. The molecular weight excluding hydrogens is 194 g/mol. The summed E-state index contributed by atoms with van der Waals surface area (Å²) < 4.78 is 4.68. The van der Waals surface area contributed by atoms with Crippen LogP contribution in [0, 0.1) is 0 Å². The topological polar surface area (TPSA) is 62.3 Å². The largest absolute Gasteiger partial charge is 0.465 e. The van der Waals surface area contributed by atoms with E-state index in [1.54, 1.807) is 18.3 Å². The van der Waals surface area contributed by atoms with Crippen molar-refractivity contribution in [2.75, 3.05) is 7.11 Å². The molecule has 0 fully saturated rings. The van der Waals surface area contributed by atoms with Gasteiger partial charge in [-0.05, 0) is 12.1 Å². The number of nitrogens with one attached hydrogen (secondary N) is 1. The van der Waals surface area contributed by atoms with Crippen LogP contribution in [-0.2, 0) is 11.3 Å². The van der Waals surface area contributed by atoms with Gasteiger partial charge in [-0.2, -0.15) is 0 Å². The van der Waals surface area contributed by atoms with Gasteiger partial charge in [0.25, 0.3) is 0 Å². The zero-order valence-electron chi connectivity index (χ0n) is 8.28. The Morgan fingerprint density at radius 2 is 2.33 bits per heavy atom. The first-order valence-corrected chi connectivity index (χ1v) is 4.56. The van der Waals surface area contributed by atoms with Crippen molar-refractivity contribution in [1.29, 1.82) is 0 Å². The van der Waals surface area contributed by atoms with Gasteiger partial charge < -0.3 is 14.8 Å². The van der Waals surface area contributed by atoms with E-state index < -0.39 is 5.97 Å². The summed E-state index contributed by atoms with van der Waals surface area (Å²) in [6, 6.07) is 5.30. The zero-order chi connectivity index (χ0) is 10.8. The standard InChI is InChI=1S/C11H11NO3/c1-15-11(14)8-3-2-4-9-10(8)7(6-13)5-12-9/h2-5,12-13H,6H2,1H3. The van der Waals surface area contributed by atoms with Gasteiger partial charge in [0.05, 0.1) is 19.3 Å². The van der Waals surface area contributed by atoms with Crippen LogP contribution in [0.15, 0.2) is 24.4 Å². The van der Waals surface area contributed by atoms with Crippen LogP contribution in [0.25, 0.3) is 10.9 Å². The lowest BCUT2D eigenvalue weighted by molar-refractivity contribution is 0.0603. The van der Waals surface area contributed by atoms with Crippen LogP contribution in [0.3, 0.4) is 0 Å². The molecular formula is C11H11NO3. The SMILES string of the molecule is COC(=O)c1cccc2[nH]cc(CO)c12. The Labute approximate surface area is 86.5 Å². The number of aliphatic hydroxyl groups excluding tert-OH is 1. The van der Waals surface area contributed by atoms with Crippen LogP contribution in [-0.4, -0.2) is 23.2 Å². The fraction of sp³-hybridized carbons (Fsp3) is 0.182. The Balaban J connectivity index is 2.72. The lowest BCUT2D eigenvalue weighted by atomic mass is 10.1. The maximum Gasteiger partial charge on any atom is 0.338 e. The highest BCUT2D eigenvalue weighted by Crippen LogP contribution is 2.23. The van der Waals surface area contributed by atoms with Crippen molar-refractivity contribution in [3.8, 4) is 0 Å². The smallest absolute Gasteiger partial charge is 0.338 e. The van der Waals surface area contributed by atoms with E-state index in [1.165, 1.54) is 7.11 Å².